The van der Waals surface area contributed by atoms with E-state index in [0.29, 0.717) is 21.6 Å². The van der Waals surface area contributed by atoms with Crippen molar-refractivity contribution in [2.24, 2.45) is 0 Å². The zero-order valence-electron chi connectivity index (χ0n) is 16.8. The first-order valence-electron chi connectivity index (χ1n) is 8.80. The van der Waals surface area contributed by atoms with Crippen LogP contribution in [0.1, 0.15) is 0 Å². The van der Waals surface area contributed by atoms with E-state index in [1.807, 2.05) is 0 Å². The fraction of sp³-hybridized carbons (Fsp3) is 0.222. The summed E-state index contributed by atoms with van der Waals surface area (Å²) < 4.78 is 32.6. The highest BCUT2D eigenvalue weighted by molar-refractivity contribution is 7.99. The normalized spacial score (nSPS) is 11.5. The zero-order valence-corrected chi connectivity index (χ0v) is 19.2. The molecule has 1 aromatic heterocycles. The number of halogens is 1. The number of methoxy groups -OCH3 is 1. The van der Waals surface area contributed by atoms with Gasteiger partial charge in [-0.05, 0) is 46.8 Å². The lowest BCUT2D eigenvalue weighted by Gasteiger charge is -2.15. The van der Waals surface area contributed by atoms with Gasteiger partial charge in [-0.2, -0.15) is 4.68 Å². The standard InChI is InChI=1S/C18H19ClN6O4S2/c1-24(2)31(27,28)14-7-8-16(29-3)15(10-14)20-17(26)11-30-18-21-22-23-25(18)13-6-4-5-12(19)9-13/h4-10H,11H2,1-3H3,(H,20,26). The number of hydrogen-bond acceptors (Lipinski definition) is 8. The van der Waals surface area contributed by atoms with Gasteiger partial charge in [0.1, 0.15) is 5.75 Å². The number of benzene rings is 2. The van der Waals surface area contributed by atoms with Crippen molar-refractivity contribution in [2.75, 3.05) is 32.3 Å². The summed E-state index contributed by atoms with van der Waals surface area (Å²) in [5, 5.41) is 15.1. The molecule has 3 aromatic rings. The van der Waals surface area contributed by atoms with E-state index in [1.54, 1.807) is 24.3 Å². The molecular formula is C18H19ClN6O4S2. The Morgan fingerprint density at radius 2 is 2.03 bits per heavy atom. The Labute approximate surface area is 188 Å². The van der Waals surface area contributed by atoms with Gasteiger partial charge in [-0.25, -0.2) is 12.7 Å². The van der Waals surface area contributed by atoms with Crippen LogP contribution in [0.3, 0.4) is 0 Å². The number of hydrogen-bond donors (Lipinski definition) is 1. The maximum atomic E-state index is 12.5. The van der Waals surface area contributed by atoms with Crippen molar-refractivity contribution in [2.45, 2.75) is 10.1 Å². The quantitative estimate of drug-likeness (QED) is 0.486. The summed E-state index contributed by atoms with van der Waals surface area (Å²) in [4.78, 5) is 12.6. The van der Waals surface area contributed by atoms with Crippen molar-refractivity contribution < 1.29 is 17.9 Å². The first-order chi connectivity index (χ1) is 14.7. The number of thioether (sulfide) groups is 1. The van der Waals surface area contributed by atoms with Crippen LogP contribution in [-0.4, -0.2) is 65.8 Å². The maximum absolute atomic E-state index is 12.5. The van der Waals surface area contributed by atoms with E-state index < -0.39 is 10.0 Å². The van der Waals surface area contributed by atoms with Gasteiger partial charge in [0.2, 0.25) is 21.1 Å². The second-order valence-electron chi connectivity index (χ2n) is 6.34. The molecule has 0 bridgehead atoms. The summed E-state index contributed by atoms with van der Waals surface area (Å²) in [5.74, 6) is -0.0717. The Balaban J connectivity index is 1.74. The smallest absolute Gasteiger partial charge is 0.242 e. The van der Waals surface area contributed by atoms with Crippen LogP contribution in [-0.2, 0) is 14.8 Å². The van der Waals surface area contributed by atoms with Crippen molar-refractivity contribution >= 4 is 45.0 Å². The third-order valence-corrected chi connectivity index (χ3v) is 7.02. The Morgan fingerprint density at radius 1 is 1.26 bits per heavy atom. The molecule has 1 amide bonds. The van der Waals surface area contributed by atoms with Crippen molar-refractivity contribution in [1.82, 2.24) is 24.5 Å². The van der Waals surface area contributed by atoms with E-state index in [4.69, 9.17) is 16.3 Å². The fourth-order valence-corrected chi connectivity index (χ4v) is 4.32. The molecule has 1 N–H and O–H groups in total. The number of ether oxygens (including phenoxy) is 1. The van der Waals surface area contributed by atoms with Gasteiger partial charge in [0, 0.05) is 19.1 Å². The lowest BCUT2D eigenvalue weighted by molar-refractivity contribution is -0.113. The van der Waals surface area contributed by atoms with Crippen LogP contribution >= 0.6 is 23.4 Å². The first kappa shape index (κ1) is 23.0. The number of nitrogens with zero attached hydrogens (tertiary/aromatic N) is 5. The molecule has 0 aliphatic carbocycles. The summed E-state index contributed by atoms with van der Waals surface area (Å²) in [5.41, 5.74) is 0.897. The molecule has 0 aliphatic heterocycles. The summed E-state index contributed by atoms with van der Waals surface area (Å²) >= 11 is 7.13. The molecule has 3 rings (SSSR count). The van der Waals surface area contributed by atoms with Gasteiger partial charge >= 0.3 is 0 Å². The highest BCUT2D eigenvalue weighted by atomic mass is 35.5. The second-order valence-corrected chi connectivity index (χ2v) is 9.87. The monoisotopic (exact) mass is 482 g/mol. The number of carbonyl (C=O) groups excluding carboxylic acids is 1. The third-order valence-electron chi connectivity index (χ3n) is 4.05. The minimum atomic E-state index is -3.67. The summed E-state index contributed by atoms with van der Waals surface area (Å²) in [6.07, 6.45) is 0. The minimum absolute atomic E-state index is 0.0191. The van der Waals surface area contributed by atoms with Crippen LogP contribution in [0.4, 0.5) is 5.69 Å². The van der Waals surface area contributed by atoms with Gasteiger partial charge in [-0.1, -0.05) is 29.4 Å². The molecule has 31 heavy (non-hydrogen) atoms. The summed E-state index contributed by atoms with van der Waals surface area (Å²) in [6.45, 7) is 0. The van der Waals surface area contributed by atoms with E-state index >= 15 is 0 Å². The van der Waals surface area contributed by atoms with Gasteiger partial charge < -0.3 is 10.1 Å². The van der Waals surface area contributed by atoms with E-state index in [1.165, 1.54) is 44.1 Å². The number of aromatic nitrogens is 4. The average Bonchev–Trinajstić information content (AvgIpc) is 3.20. The van der Waals surface area contributed by atoms with Gasteiger partial charge in [0.15, 0.2) is 0 Å². The molecular weight excluding hydrogens is 464 g/mol. The molecule has 0 spiro atoms. The Morgan fingerprint density at radius 3 is 2.71 bits per heavy atom. The zero-order chi connectivity index (χ0) is 22.6. The van der Waals surface area contributed by atoms with E-state index in [0.717, 1.165) is 16.1 Å². The molecule has 0 saturated carbocycles. The number of carbonyl (C=O) groups is 1. The first-order valence-corrected chi connectivity index (χ1v) is 11.6. The summed E-state index contributed by atoms with van der Waals surface area (Å²) in [7, 11) is 0.621. The molecule has 0 atom stereocenters. The highest BCUT2D eigenvalue weighted by Gasteiger charge is 2.20. The van der Waals surface area contributed by atoms with Crippen molar-refractivity contribution in [3.63, 3.8) is 0 Å². The molecule has 164 valence electrons. The predicted octanol–water partition coefficient (Wildman–Crippen LogP) is 2.31. The molecule has 0 radical (unpaired) electrons. The van der Waals surface area contributed by atoms with Crippen molar-refractivity contribution in [1.29, 1.82) is 0 Å². The lowest BCUT2D eigenvalue weighted by atomic mass is 10.3. The second kappa shape index (κ2) is 9.64. The van der Waals surface area contributed by atoms with Gasteiger partial charge in [-0.3, -0.25) is 4.79 Å². The van der Waals surface area contributed by atoms with E-state index in [-0.39, 0.29) is 22.2 Å². The van der Waals surface area contributed by atoms with Crippen LogP contribution in [0.15, 0.2) is 52.5 Å². The number of anilines is 1. The molecule has 2 aromatic carbocycles. The third kappa shape index (κ3) is 5.34. The number of nitrogens with one attached hydrogen (secondary N) is 1. The van der Waals surface area contributed by atoms with Crippen LogP contribution in [0, 0.1) is 0 Å². The molecule has 0 saturated heterocycles. The van der Waals surface area contributed by atoms with E-state index in [9.17, 15) is 13.2 Å². The molecule has 1 heterocycles. The number of rotatable bonds is 8. The average molecular weight is 483 g/mol. The molecule has 13 heteroatoms. The topological polar surface area (TPSA) is 119 Å². The predicted molar refractivity (Wildman–Crippen MR) is 117 cm³/mol. The summed E-state index contributed by atoms with van der Waals surface area (Å²) in [6, 6.07) is 11.2. The lowest BCUT2D eigenvalue weighted by Crippen LogP contribution is -2.22. The van der Waals surface area contributed by atoms with Gasteiger partial charge in [0.05, 0.1) is 29.1 Å². The van der Waals surface area contributed by atoms with Crippen LogP contribution in [0.2, 0.25) is 5.02 Å². The van der Waals surface area contributed by atoms with Crippen molar-refractivity contribution in [3.8, 4) is 11.4 Å². The van der Waals surface area contributed by atoms with Crippen molar-refractivity contribution in [3.05, 3.63) is 47.5 Å². The Bertz CT molecular complexity index is 1200. The maximum Gasteiger partial charge on any atom is 0.242 e. The van der Waals surface area contributed by atoms with Crippen LogP contribution in [0.25, 0.3) is 5.69 Å². The number of amides is 1. The van der Waals surface area contributed by atoms with E-state index in [2.05, 4.69) is 20.8 Å². The number of sulfonamides is 1. The van der Waals surface area contributed by atoms with Crippen LogP contribution < -0.4 is 10.1 Å². The fourth-order valence-electron chi connectivity index (χ4n) is 2.51. The van der Waals surface area contributed by atoms with Gasteiger partial charge in [-0.15, -0.1) is 5.10 Å². The Hall–Kier alpha value is -2.67. The molecule has 10 nitrogen and oxygen atoms in total. The molecule has 0 fully saturated rings. The van der Waals surface area contributed by atoms with Gasteiger partial charge in [0.25, 0.3) is 0 Å². The SMILES string of the molecule is COc1ccc(S(=O)(=O)N(C)C)cc1NC(=O)CSc1nnnn1-c1cccc(Cl)c1. The number of tetrazole rings is 1. The minimum Gasteiger partial charge on any atom is -0.495 e. The Kier molecular flexibility index (Phi) is 7.15. The molecule has 0 aliphatic rings. The highest BCUT2D eigenvalue weighted by Crippen LogP contribution is 2.29. The van der Waals surface area contributed by atoms with Crippen LogP contribution in [0.5, 0.6) is 5.75 Å². The molecule has 0 unspecified atom stereocenters. The largest absolute Gasteiger partial charge is 0.495 e.